The van der Waals surface area contributed by atoms with E-state index in [2.05, 4.69) is 25.2 Å². The highest BCUT2D eigenvalue weighted by Gasteiger charge is 2.38. The maximum atomic E-state index is 12.6. The van der Waals surface area contributed by atoms with Gasteiger partial charge in [-0.1, -0.05) is 51.3 Å². The van der Waals surface area contributed by atoms with Gasteiger partial charge in [0.2, 0.25) is 5.91 Å². The lowest BCUT2D eigenvalue weighted by molar-refractivity contribution is -0.152. The van der Waals surface area contributed by atoms with Gasteiger partial charge in [-0.3, -0.25) is 14.4 Å². The molecule has 1 aliphatic heterocycles. The van der Waals surface area contributed by atoms with Gasteiger partial charge in [-0.2, -0.15) is 5.26 Å². The number of hydrogen-bond acceptors (Lipinski definition) is 5. The number of carbonyl (C=O) groups is 3. The maximum absolute atomic E-state index is 12.6. The molecule has 0 aromatic heterocycles. The van der Waals surface area contributed by atoms with E-state index in [0.717, 1.165) is 36.9 Å². The topological polar surface area (TPSA) is 99.5 Å². The molecule has 31 heavy (non-hydrogen) atoms. The van der Waals surface area contributed by atoms with Gasteiger partial charge in [-0.25, -0.2) is 0 Å². The molecule has 1 aromatic rings. The predicted molar refractivity (Wildman–Crippen MR) is 116 cm³/mol. The van der Waals surface area contributed by atoms with E-state index >= 15 is 0 Å². The summed E-state index contributed by atoms with van der Waals surface area (Å²) in [6.45, 7) is 4.03. The molecule has 7 nitrogen and oxygen atoms in total. The fraction of sp³-hybridized carbons (Fsp3) is 0.583. The van der Waals surface area contributed by atoms with Crippen molar-refractivity contribution in [2.45, 2.75) is 70.3 Å². The molecule has 7 heteroatoms. The minimum atomic E-state index is -0.860. The van der Waals surface area contributed by atoms with Crippen LogP contribution < -0.4 is 10.2 Å². The van der Waals surface area contributed by atoms with Crippen molar-refractivity contribution in [1.29, 1.82) is 5.26 Å². The van der Waals surface area contributed by atoms with Crippen LogP contribution in [-0.4, -0.2) is 36.5 Å². The number of benzene rings is 1. The van der Waals surface area contributed by atoms with E-state index < -0.39 is 29.9 Å². The molecular weight excluding hydrogens is 394 g/mol. The number of nitriles is 1. The highest BCUT2D eigenvalue weighted by Crippen LogP contribution is 2.33. The lowest BCUT2D eigenvalue weighted by Gasteiger charge is -2.31. The molecule has 1 N–H and O–H groups in total. The monoisotopic (exact) mass is 425 g/mol. The highest BCUT2D eigenvalue weighted by atomic mass is 16.5. The number of nitrogens with zero attached hydrogens (tertiary/aromatic N) is 2. The zero-order valence-electron chi connectivity index (χ0n) is 18.4. The lowest BCUT2D eigenvalue weighted by Crippen LogP contribution is -2.50. The average Bonchev–Trinajstić information content (AvgIpc) is 3.19. The Bertz CT molecular complexity index is 870. The van der Waals surface area contributed by atoms with Crippen molar-refractivity contribution in [1.82, 2.24) is 5.32 Å². The smallest absolute Gasteiger partial charge is 0.311 e. The quantitative estimate of drug-likeness (QED) is 0.675. The van der Waals surface area contributed by atoms with Crippen LogP contribution in [-0.2, 0) is 19.1 Å². The Morgan fingerprint density at radius 3 is 2.68 bits per heavy atom. The molecule has 1 saturated heterocycles. The van der Waals surface area contributed by atoms with Gasteiger partial charge < -0.3 is 15.0 Å². The minimum Gasteiger partial charge on any atom is -0.455 e. The van der Waals surface area contributed by atoms with E-state index in [1.54, 1.807) is 4.90 Å². The van der Waals surface area contributed by atoms with Crippen molar-refractivity contribution in [3.05, 3.63) is 29.8 Å². The van der Waals surface area contributed by atoms with Crippen molar-refractivity contribution in [2.24, 2.45) is 5.92 Å². The molecule has 1 aliphatic carbocycles. The van der Waals surface area contributed by atoms with Gasteiger partial charge in [0, 0.05) is 18.7 Å². The fourth-order valence-electron chi connectivity index (χ4n) is 4.45. The van der Waals surface area contributed by atoms with Crippen molar-refractivity contribution >= 4 is 23.5 Å². The van der Waals surface area contributed by atoms with Crippen LogP contribution in [0.2, 0.25) is 0 Å². The first kappa shape index (κ1) is 22.8. The van der Waals surface area contributed by atoms with Crippen molar-refractivity contribution in [2.75, 3.05) is 18.1 Å². The number of rotatable bonds is 7. The number of esters is 1. The molecule has 0 spiro atoms. The maximum Gasteiger partial charge on any atom is 0.311 e. The van der Waals surface area contributed by atoms with E-state index in [1.807, 2.05) is 24.3 Å². The summed E-state index contributed by atoms with van der Waals surface area (Å²) in [6.07, 6.45) is 5.09. The van der Waals surface area contributed by atoms with Crippen molar-refractivity contribution < 1.29 is 19.1 Å². The van der Waals surface area contributed by atoms with Crippen LogP contribution in [0.5, 0.6) is 0 Å². The van der Waals surface area contributed by atoms with Crippen LogP contribution in [0.15, 0.2) is 24.3 Å². The van der Waals surface area contributed by atoms with E-state index in [9.17, 15) is 19.6 Å². The van der Waals surface area contributed by atoms with Gasteiger partial charge in [0.1, 0.15) is 5.54 Å². The first-order valence-electron chi connectivity index (χ1n) is 11.2. The molecule has 2 atom stereocenters. The summed E-state index contributed by atoms with van der Waals surface area (Å²) >= 11 is 0. The van der Waals surface area contributed by atoms with Crippen LogP contribution in [0.1, 0.15) is 70.3 Å². The van der Waals surface area contributed by atoms with E-state index in [0.29, 0.717) is 18.8 Å². The molecule has 3 rings (SSSR count). The molecular formula is C24H31N3O4. The zero-order chi connectivity index (χ0) is 22.4. The normalized spacial score (nSPS) is 21.3. The number of ether oxygens (including phenoxy) is 1. The number of hydrogen-bond donors (Lipinski definition) is 1. The van der Waals surface area contributed by atoms with Gasteiger partial charge in [0.15, 0.2) is 6.61 Å². The number of amides is 2. The SMILES string of the molecule is CC[C@H](C)c1ccccc1N1C[C@@H](C(=O)OCC(=O)NC2(C#N)CCCCC2)CC1=O. The van der Waals surface area contributed by atoms with Crippen LogP contribution in [0.4, 0.5) is 5.69 Å². The van der Waals surface area contributed by atoms with Gasteiger partial charge >= 0.3 is 5.97 Å². The van der Waals surface area contributed by atoms with Gasteiger partial charge in [0.25, 0.3) is 5.91 Å². The minimum absolute atomic E-state index is 0.0669. The summed E-state index contributed by atoms with van der Waals surface area (Å²) < 4.78 is 5.21. The van der Waals surface area contributed by atoms with Crippen LogP contribution in [0.25, 0.3) is 0 Å². The Morgan fingerprint density at radius 1 is 1.29 bits per heavy atom. The predicted octanol–water partition coefficient (Wildman–Crippen LogP) is 3.44. The number of carbonyl (C=O) groups excluding carboxylic acids is 3. The first-order chi connectivity index (χ1) is 14.9. The third-order valence-electron chi connectivity index (χ3n) is 6.47. The van der Waals surface area contributed by atoms with Crippen LogP contribution >= 0.6 is 0 Å². The lowest BCUT2D eigenvalue weighted by atomic mass is 9.83. The second-order valence-corrected chi connectivity index (χ2v) is 8.68. The second kappa shape index (κ2) is 9.95. The molecule has 1 aromatic carbocycles. The van der Waals surface area contributed by atoms with Gasteiger partial charge in [0.05, 0.1) is 12.0 Å². The number of nitrogens with one attached hydrogen (secondary N) is 1. The first-order valence-corrected chi connectivity index (χ1v) is 11.2. The van der Waals surface area contributed by atoms with E-state index in [1.165, 1.54) is 0 Å². The molecule has 2 amide bonds. The standard InChI is InChI=1S/C24H31N3O4/c1-3-17(2)19-9-5-6-10-20(19)27-14-18(13-22(27)29)23(30)31-15-21(28)26-24(16-25)11-7-4-8-12-24/h5-6,9-10,17-18H,3-4,7-8,11-15H2,1-2H3,(H,26,28)/t17-,18-/m0/s1. The van der Waals surface area contributed by atoms with Crippen LogP contribution in [0.3, 0.4) is 0 Å². The largest absolute Gasteiger partial charge is 0.455 e. The summed E-state index contributed by atoms with van der Waals surface area (Å²) in [4.78, 5) is 39.1. The molecule has 1 saturated carbocycles. The van der Waals surface area contributed by atoms with Gasteiger partial charge in [-0.05, 0) is 36.8 Å². The molecule has 0 radical (unpaired) electrons. The van der Waals surface area contributed by atoms with E-state index in [4.69, 9.17) is 4.74 Å². The summed E-state index contributed by atoms with van der Waals surface area (Å²) in [7, 11) is 0. The second-order valence-electron chi connectivity index (χ2n) is 8.68. The van der Waals surface area contributed by atoms with Crippen molar-refractivity contribution in [3.8, 4) is 6.07 Å². The van der Waals surface area contributed by atoms with Crippen LogP contribution in [0, 0.1) is 17.2 Å². The molecule has 2 fully saturated rings. The Balaban J connectivity index is 1.57. The summed E-state index contributed by atoms with van der Waals surface area (Å²) in [5.74, 6) is -1.45. The molecule has 0 unspecified atom stereocenters. The Labute approximate surface area is 183 Å². The van der Waals surface area contributed by atoms with Gasteiger partial charge in [-0.15, -0.1) is 0 Å². The molecule has 2 aliphatic rings. The van der Waals surface area contributed by atoms with Crippen molar-refractivity contribution in [3.63, 3.8) is 0 Å². The third-order valence-corrected chi connectivity index (χ3v) is 6.47. The zero-order valence-corrected chi connectivity index (χ0v) is 18.4. The Morgan fingerprint density at radius 2 is 2.00 bits per heavy atom. The molecule has 166 valence electrons. The Hall–Kier alpha value is -2.88. The summed E-state index contributed by atoms with van der Waals surface area (Å²) in [5.41, 5.74) is 1.06. The number of para-hydroxylation sites is 1. The summed E-state index contributed by atoms with van der Waals surface area (Å²) in [6, 6.07) is 9.99. The number of anilines is 1. The molecule has 0 bridgehead atoms. The Kier molecular flexibility index (Phi) is 7.32. The average molecular weight is 426 g/mol. The molecule has 1 heterocycles. The fourth-order valence-corrected chi connectivity index (χ4v) is 4.45. The highest BCUT2D eigenvalue weighted by molar-refractivity contribution is 6.00. The summed E-state index contributed by atoms with van der Waals surface area (Å²) in [5, 5.41) is 12.2. The third kappa shape index (κ3) is 5.25. The van der Waals surface area contributed by atoms with E-state index in [-0.39, 0.29) is 18.9 Å².